The van der Waals surface area contributed by atoms with Crippen molar-refractivity contribution in [3.05, 3.63) is 48.8 Å². The van der Waals surface area contributed by atoms with Crippen LogP contribution in [0.25, 0.3) is 22.3 Å². The maximum Gasteiger partial charge on any atom is 0.163 e. The molecular formula is C17H18N4O. The van der Waals surface area contributed by atoms with Crippen LogP contribution < -0.4 is 5.32 Å². The summed E-state index contributed by atoms with van der Waals surface area (Å²) in [6.45, 7) is 2.67. The average molecular weight is 294 g/mol. The van der Waals surface area contributed by atoms with Crippen LogP contribution in [0.15, 0.2) is 48.8 Å². The first-order valence-corrected chi connectivity index (χ1v) is 7.20. The summed E-state index contributed by atoms with van der Waals surface area (Å²) in [5, 5.41) is 4.40. The fourth-order valence-electron chi connectivity index (χ4n) is 2.34. The summed E-state index contributed by atoms with van der Waals surface area (Å²) < 4.78 is 5.19. The lowest BCUT2D eigenvalue weighted by molar-refractivity contribution is 0.190. The zero-order chi connectivity index (χ0) is 15.4. The van der Waals surface area contributed by atoms with E-state index in [2.05, 4.69) is 27.2 Å². The van der Waals surface area contributed by atoms with Gasteiger partial charge in [-0.3, -0.25) is 4.98 Å². The van der Waals surface area contributed by atoms with Crippen molar-refractivity contribution in [2.24, 2.45) is 0 Å². The van der Waals surface area contributed by atoms with Gasteiger partial charge in [-0.25, -0.2) is 9.97 Å². The summed E-state index contributed by atoms with van der Waals surface area (Å²) in [4.78, 5) is 13.5. The van der Waals surface area contributed by atoms with Crippen LogP contribution in [0.4, 0.5) is 5.82 Å². The number of para-hydroxylation sites is 1. The number of aromatic nitrogens is 3. The van der Waals surface area contributed by atoms with Gasteiger partial charge in [0, 0.05) is 36.5 Å². The Balaban J connectivity index is 2.08. The second-order valence-electron chi connectivity index (χ2n) is 5.16. The molecule has 0 spiro atoms. The van der Waals surface area contributed by atoms with E-state index in [9.17, 15) is 0 Å². The van der Waals surface area contributed by atoms with E-state index in [4.69, 9.17) is 4.74 Å². The van der Waals surface area contributed by atoms with Crippen molar-refractivity contribution in [2.75, 3.05) is 19.0 Å². The largest absolute Gasteiger partial charge is 0.383 e. The van der Waals surface area contributed by atoms with E-state index in [0.717, 1.165) is 22.3 Å². The first-order chi connectivity index (χ1) is 10.8. The van der Waals surface area contributed by atoms with E-state index < -0.39 is 0 Å². The summed E-state index contributed by atoms with van der Waals surface area (Å²) in [7, 11) is 1.69. The van der Waals surface area contributed by atoms with Crippen molar-refractivity contribution in [3.63, 3.8) is 0 Å². The standard InChI is InChI=1S/C17H18N4O/c1-12(11-22-2)19-17-14-7-3-4-8-15(14)20-16(21-17)13-6-5-9-18-10-13/h3-10,12H,11H2,1-2H3,(H,19,20,21). The first-order valence-electron chi connectivity index (χ1n) is 7.20. The van der Waals surface area contributed by atoms with E-state index in [1.54, 1.807) is 19.5 Å². The van der Waals surface area contributed by atoms with Crippen molar-refractivity contribution in [3.8, 4) is 11.4 Å². The Hall–Kier alpha value is -2.53. The van der Waals surface area contributed by atoms with E-state index in [1.165, 1.54) is 0 Å². The highest BCUT2D eigenvalue weighted by atomic mass is 16.5. The summed E-state index contributed by atoms with van der Waals surface area (Å²) >= 11 is 0. The van der Waals surface area contributed by atoms with E-state index in [1.807, 2.05) is 36.4 Å². The van der Waals surface area contributed by atoms with Gasteiger partial charge in [0.15, 0.2) is 5.82 Å². The number of benzene rings is 1. The minimum atomic E-state index is 0.157. The SMILES string of the molecule is COCC(C)Nc1nc(-c2cccnc2)nc2ccccc12. The molecule has 5 heteroatoms. The number of ether oxygens (including phenoxy) is 1. The molecule has 1 unspecified atom stereocenters. The van der Waals surface area contributed by atoms with Gasteiger partial charge in [-0.15, -0.1) is 0 Å². The molecule has 0 saturated heterocycles. The fourth-order valence-corrected chi connectivity index (χ4v) is 2.34. The molecule has 0 bridgehead atoms. The van der Waals surface area contributed by atoms with Crippen LogP contribution in [0.1, 0.15) is 6.92 Å². The number of hydrogen-bond donors (Lipinski definition) is 1. The Morgan fingerprint density at radius 1 is 1.14 bits per heavy atom. The highest BCUT2D eigenvalue weighted by Gasteiger charge is 2.11. The molecule has 0 fully saturated rings. The molecule has 1 aromatic carbocycles. The highest BCUT2D eigenvalue weighted by molar-refractivity contribution is 5.90. The maximum atomic E-state index is 5.19. The number of methoxy groups -OCH3 is 1. The molecule has 0 aliphatic heterocycles. The number of nitrogens with one attached hydrogen (secondary N) is 1. The maximum absolute atomic E-state index is 5.19. The molecule has 1 N–H and O–H groups in total. The minimum absolute atomic E-state index is 0.157. The Morgan fingerprint density at radius 3 is 2.77 bits per heavy atom. The highest BCUT2D eigenvalue weighted by Crippen LogP contribution is 2.24. The van der Waals surface area contributed by atoms with Crippen LogP contribution in [0, 0.1) is 0 Å². The van der Waals surface area contributed by atoms with E-state index >= 15 is 0 Å². The van der Waals surface area contributed by atoms with Gasteiger partial charge in [0.05, 0.1) is 12.1 Å². The Kier molecular flexibility index (Phi) is 4.25. The molecule has 5 nitrogen and oxygen atoms in total. The fraction of sp³-hybridized carbons (Fsp3) is 0.235. The molecule has 0 aliphatic carbocycles. The van der Waals surface area contributed by atoms with Crippen LogP contribution in [0.2, 0.25) is 0 Å². The zero-order valence-electron chi connectivity index (χ0n) is 12.7. The minimum Gasteiger partial charge on any atom is -0.383 e. The van der Waals surface area contributed by atoms with Crippen molar-refractivity contribution in [2.45, 2.75) is 13.0 Å². The number of anilines is 1. The summed E-state index contributed by atoms with van der Waals surface area (Å²) in [6, 6.07) is 12.0. The molecule has 2 heterocycles. The molecule has 2 aromatic heterocycles. The third-order valence-electron chi connectivity index (χ3n) is 3.32. The van der Waals surface area contributed by atoms with Gasteiger partial charge in [-0.2, -0.15) is 0 Å². The number of hydrogen-bond acceptors (Lipinski definition) is 5. The van der Waals surface area contributed by atoms with Gasteiger partial charge in [0.1, 0.15) is 5.82 Å². The zero-order valence-corrected chi connectivity index (χ0v) is 12.7. The molecule has 0 radical (unpaired) electrons. The summed E-state index contributed by atoms with van der Waals surface area (Å²) in [6.07, 6.45) is 3.51. The summed E-state index contributed by atoms with van der Waals surface area (Å²) in [5.74, 6) is 1.48. The Bertz CT molecular complexity index is 761. The lowest BCUT2D eigenvalue weighted by Crippen LogP contribution is -2.21. The molecule has 3 rings (SSSR count). The smallest absolute Gasteiger partial charge is 0.163 e. The molecule has 3 aromatic rings. The van der Waals surface area contributed by atoms with Crippen molar-refractivity contribution in [1.82, 2.24) is 15.0 Å². The van der Waals surface area contributed by atoms with E-state index in [-0.39, 0.29) is 6.04 Å². The molecule has 0 aliphatic rings. The number of nitrogens with zero attached hydrogens (tertiary/aromatic N) is 3. The topological polar surface area (TPSA) is 59.9 Å². The number of pyridine rings is 1. The second-order valence-corrected chi connectivity index (χ2v) is 5.16. The molecular weight excluding hydrogens is 276 g/mol. The van der Waals surface area contributed by atoms with Crippen LogP contribution in [-0.4, -0.2) is 34.7 Å². The third-order valence-corrected chi connectivity index (χ3v) is 3.32. The third kappa shape index (κ3) is 3.04. The van der Waals surface area contributed by atoms with Gasteiger partial charge >= 0.3 is 0 Å². The Labute approximate surface area is 129 Å². The lowest BCUT2D eigenvalue weighted by Gasteiger charge is -2.16. The van der Waals surface area contributed by atoms with Crippen molar-refractivity contribution >= 4 is 16.7 Å². The van der Waals surface area contributed by atoms with Crippen molar-refractivity contribution < 1.29 is 4.74 Å². The first kappa shape index (κ1) is 14.4. The van der Waals surface area contributed by atoms with Crippen LogP contribution in [0.5, 0.6) is 0 Å². The summed E-state index contributed by atoms with van der Waals surface area (Å²) in [5.41, 5.74) is 1.80. The van der Waals surface area contributed by atoms with Gasteiger partial charge < -0.3 is 10.1 Å². The van der Waals surface area contributed by atoms with Crippen LogP contribution >= 0.6 is 0 Å². The quantitative estimate of drug-likeness (QED) is 0.783. The lowest BCUT2D eigenvalue weighted by atomic mass is 10.2. The molecule has 112 valence electrons. The normalized spacial score (nSPS) is 12.3. The number of fused-ring (bicyclic) bond motifs is 1. The molecule has 0 amide bonds. The van der Waals surface area contributed by atoms with Crippen LogP contribution in [0.3, 0.4) is 0 Å². The van der Waals surface area contributed by atoms with Gasteiger partial charge in [0.25, 0.3) is 0 Å². The van der Waals surface area contributed by atoms with Crippen molar-refractivity contribution in [1.29, 1.82) is 0 Å². The molecule has 1 atom stereocenters. The van der Waals surface area contributed by atoms with Crippen LogP contribution in [-0.2, 0) is 4.74 Å². The molecule has 0 saturated carbocycles. The monoisotopic (exact) mass is 294 g/mol. The van der Waals surface area contributed by atoms with E-state index in [0.29, 0.717) is 12.4 Å². The second kappa shape index (κ2) is 6.49. The Morgan fingerprint density at radius 2 is 2.00 bits per heavy atom. The molecule has 22 heavy (non-hydrogen) atoms. The van der Waals surface area contributed by atoms with Gasteiger partial charge in [-0.05, 0) is 31.2 Å². The average Bonchev–Trinajstić information content (AvgIpc) is 2.56. The van der Waals surface area contributed by atoms with Gasteiger partial charge in [-0.1, -0.05) is 12.1 Å². The predicted molar refractivity (Wildman–Crippen MR) is 87.7 cm³/mol. The van der Waals surface area contributed by atoms with Gasteiger partial charge in [0.2, 0.25) is 0 Å². The predicted octanol–water partition coefficient (Wildman–Crippen LogP) is 3.14. The number of rotatable bonds is 5.